The van der Waals surface area contributed by atoms with Gasteiger partial charge in [0.15, 0.2) is 24.2 Å². The number of Topliss-reactive ketones (excluding diaryl/α,β-unsaturated/α-hetero) is 1. The fourth-order valence-corrected chi connectivity index (χ4v) is 4.05. The molecule has 1 atom stereocenters. The number of para-hydroxylation sites is 2. The fourth-order valence-electron chi connectivity index (χ4n) is 4.05. The van der Waals surface area contributed by atoms with Crippen molar-refractivity contribution >= 4 is 11.8 Å². The molecule has 4 rings (SSSR count). The Morgan fingerprint density at radius 2 is 1.68 bits per heavy atom. The first-order valence-corrected chi connectivity index (χ1v) is 10.9. The molecule has 0 saturated carbocycles. The number of ketones is 1. The highest BCUT2D eigenvalue weighted by atomic mass is 16.6. The molecule has 178 valence electrons. The molecule has 2 heterocycles. The van der Waals surface area contributed by atoms with Gasteiger partial charge in [-0.3, -0.25) is 4.79 Å². The van der Waals surface area contributed by atoms with Gasteiger partial charge in [0.2, 0.25) is 5.78 Å². The lowest BCUT2D eigenvalue weighted by molar-refractivity contribution is 0.0468. The summed E-state index contributed by atoms with van der Waals surface area (Å²) in [6.07, 6.45) is -0.196. The second-order valence-corrected chi connectivity index (χ2v) is 7.93. The van der Waals surface area contributed by atoms with Gasteiger partial charge >= 0.3 is 5.97 Å². The van der Waals surface area contributed by atoms with Crippen molar-refractivity contribution in [2.24, 2.45) is 0 Å². The summed E-state index contributed by atoms with van der Waals surface area (Å²) in [6.45, 7) is 4.32. The van der Waals surface area contributed by atoms with Crippen LogP contribution in [0.25, 0.3) is 0 Å². The highest BCUT2D eigenvalue weighted by Gasteiger charge is 2.25. The van der Waals surface area contributed by atoms with Crippen molar-refractivity contribution in [3.8, 4) is 23.0 Å². The van der Waals surface area contributed by atoms with Gasteiger partial charge in [-0.2, -0.15) is 0 Å². The highest BCUT2D eigenvalue weighted by molar-refractivity contribution is 6.01. The molecular weight excluding hydrogens is 438 g/mol. The van der Waals surface area contributed by atoms with Crippen LogP contribution in [0.2, 0.25) is 0 Å². The van der Waals surface area contributed by atoms with E-state index in [2.05, 4.69) is 0 Å². The van der Waals surface area contributed by atoms with Gasteiger partial charge in [-0.05, 0) is 44.2 Å². The SMILES string of the molecule is COc1cccc(OC)c1C(=O)OCC(=O)c1cc(C)n(CC2COc3ccccc3O2)c1C. The molecule has 0 radical (unpaired) electrons. The Labute approximate surface area is 197 Å². The Balaban J connectivity index is 1.44. The summed E-state index contributed by atoms with van der Waals surface area (Å²) in [5.41, 5.74) is 2.31. The van der Waals surface area contributed by atoms with E-state index < -0.39 is 12.6 Å². The van der Waals surface area contributed by atoms with Gasteiger partial charge in [-0.25, -0.2) is 4.79 Å². The summed E-state index contributed by atoms with van der Waals surface area (Å²) in [7, 11) is 2.90. The van der Waals surface area contributed by atoms with Crippen LogP contribution in [0.15, 0.2) is 48.5 Å². The monoisotopic (exact) mass is 465 g/mol. The van der Waals surface area contributed by atoms with E-state index in [1.807, 2.05) is 42.7 Å². The summed E-state index contributed by atoms with van der Waals surface area (Å²) in [5.74, 6) is 1.06. The van der Waals surface area contributed by atoms with Crippen LogP contribution in [-0.2, 0) is 11.3 Å². The first kappa shape index (κ1) is 23.2. The third kappa shape index (κ3) is 4.57. The smallest absolute Gasteiger partial charge is 0.346 e. The van der Waals surface area contributed by atoms with Crippen LogP contribution in [-0.4, -0.2) is 49.9 Å². The molecule has 0 spiro atoms. The second kappa shape index (κ2) is 9.91. The summed E-state index contributed by atoms with van der Waals surface area (Å²) in [5, 5.41) is 0. The number of hydrogen-bond donors (Lipinski definition) is 0. The first-order chi connectivity index (χ1) is 16.4. The maximum absolute atomic E-state index is 12.9. The Hall–Kier alpha value is -3.94. The summed E-state index contributed by atoms with van der Waals surface area (Å²) in [6, 6.07) is 14.3. The van der Waals surface area contributed by atoms with E-state index in [0.29, 0.717) is 36.0 Å². The van der Waals surface area contributed by atoms with Gasteiger partial charge in [0.1, 0.15) is 23.7 Å². The number of carbonyl (C=O) groups excluding carboxylic acids is 2. The summed E-state index contributed by atoms with van der Waals surface area (Å²) >= 11 is 0. The van der Waals surface area contributed by atoms with E-state index >= 15 is 0 Å². The van der Waals surface area contributed by atoms with Crippen molar-refractivity contribution in [2.45, 2.75) is 26.5 Å². The molecule has 0 N–H and O–H groups in total. The van der Waals surface area contributed by atoms with E-state index in [-0.39, 0.29) is 17.5 Å². The predicted octanol–water partition coefficient (Wildman–Crippen LogP) is 4.00. The first-order valence-electron chi connectivity index (χ1n) is 10.9. The Morgan fingerprint density at radius 1 is 1.00 bits per heavy atom. The second-order valence-electron chi connectivity index (χ2n) is 7.93. The Bertz CT molecular complexity index is 1190. The van der Waals surface area contributed by atoms with Gasteiger partial charge in [0.05, 0.1) is 20.8 Å². The van der Waals surface area contributed by atoms with Crippen molar-refractivity contribution < 1.29 is 33.3 Å². The van der Waals surface area contributed by atoms with Crippen molar-refractivity contribution in [1.82, 2.24) is 4.57 Å². The van der Waals surface area contributed by atoms with Crippen LogP contribution in [0.5, 0.6) is 23.0 Å². The number of esters is 1. The third-order valence-electron chi connectivity index (χ3n) is 5.79. The van der Waals surface area contributed by atoms with E-state index in [1.54, 1.807) is 24.3 Å². The number of hydrogen-bond acceptors (Lipinski definition) is 7. The number of nitrogens with zero attached hydrogens (tertiary/aromatic N) is 1. The molecular formula is C26H27NO7. The quantitative estimate of drug-likeness (QED) is 0.367. The molecule has 2 aromatic carbocycles. The zero-order valence-electron chi connectivity index (χ0n) is 19.6. The Kier molecular flexibility index (Phi) is 6.77. The number of benzene rings is 2. The van der Waals surface area contributed by atoms with Crippen LogP contribution in [0.1, 0.15) is 32.1 Å². The van der Waals surface area contributed by atoms with Crippen LogP contribution in [0, 0.1) is 13.8 Å². The van der Waals surface area contributed by atoms with Crippen LogP contribution < -0.4 is 18.9 Å². The lowest BCUT2D eigenvalue weighted by atomic mass is 10.1. The van der Waals surface area contributed by atoms with Gasteiger partial charge in [-0.1, -0.05) is 18.2 Å². The normalized spacial score (nSPS) is 14.4. The largest absolute Gasteiger partial charge is 0.496 e. The van der Waals surface area contributed by atoms with Gasteiger partial charge < -0.3 is 28.3 Å². The van der Waals surface area contributed by atoms with Gasteiger partial charge in [0, 0.05) is 17.0 Å². The topological polar surface area (TPSA) is 85.2 Å². The lowest BCUT2D eigenvalue weighted by Crippen LogP contribution is -2.33. The molecule has 0 aliphatic carbocycles. The van der Waals surface area contributed by atoms with Crippen molar-refractivity contribution in [1.29, 1.82) is 0 Å². The van der Waals surface area contributed by atoms with E-state index in [0.717, 1.165) is 17.1 Å². The molecule has 0 bridgehead atoms. The van der Waals surface area contributed by atoms with Crippen molar-refractivity contribution in [3.05, 3.63) is 71.0 Å². The molecule has 1 aliphatic heterocycles. The zero-order chi connectivity index (χ0) is 24.2. The van der Waals surface area contributed by atoms with E-state index in [1.165, 1.54) is 14.2 Å². The molecule has 1 aromatic heterocycles. The third-order valence-corrected chi connectivity index (χ3v) is 5.79. The van der Waals surface area contributed by atoms with Crippen LogP contribution in [0.4, 0.5) is 0 Å². The standard InChI is InChI=1S/C26H27NO7/c1-16-12-19(17(2)27(16)13-18-14-32-21-8-5-6-9-22(21)34-18)20(28)15-33-26(29)25-23(30-3)10-7-11-24(25)31-4/h5-12,18H,13-15H2,1-4H3. The predicted molar refractivity (Wildman–Crippen MR) is 124 cm³/mol. The molecule has 0 amide bonds. The minimum absolute atomic E-state index is 0.139. The molecule has 0 fully saturated rings. The number of methoxy groups -OCH3 is 2. The number of ether oxygens (including phenoxy) is 5. The average molecular weight is 466 g/mol. The average Bonchev–Trinajstić information content (AvgIpc) is 3.14. The molecule has 0 saturated heterocycles. The van der Waals surface area contributed by atoms with Gasteiger partial charge in [-0.15, -0.1) is 0 Å². The maximum Gasteiger partial charge on any atom is 0.346 e. The molecule has 8 nitrogen and oxygen atoms in total. The van der Waals surface area contributed by atoms with Crippen LogP contribution >= 0.6 is 0 Å². The van der Waals surface area contributed by atoms with E-state index in [4.69, 9.17) is 23.7 Å². The number of aromatic nitrogens is 1. The minimum Gasteiger partial charge on any atom is -0.496 e. The highest BCUT2D eigenvalue weighted by Crippen LogP contribution is 2.32. The number of carbonyl (C=O) groups is 2. The molecule has 8 heteroatoms. The maximum atomic E-state index is 12.9. The number of aryl methyl sites for hydroxylation is 1. The van der Waals surface area contributed by atoms with Gasteiger partial charge in [0.25, 0.3) is 0 Å². The zero-order valence-corrected chi connectivity index (χ0v) is 19.6. The molecule has 3 aromatic rings. The number of rotatable bonds is 8. The van der Waals surface area contributed by atoms with Crippen LogP contribution in [0.3, 0.4) is 0 Å². The van der Waals surface area contributed by atoms with E-state index in [9.17, 15) is 9.59 Å². The molecule has 34 heavy (non-hydrogen) atoms. The van der Waals surface area contributed by atoms with Crippen molar-refractivity contribution in [3.63, 3.8) is 0 Å². The molecule has 1 aliphatic rings. The fraction of sp³-hybridized carbons (Fsp3) is 0.308. The van der Waals surface area contributed by atoms with Crippen molar-refractivity contribution in [2.75, 3.05) is 27.4 Å². The summed E-state index contributed by atoms with van der Waals surface area (Å²) in [4.78, 5) is 25.6. The lowest BCUT2D eigenvalue weighted by Gasteiger charge is -2.27. The number of fused-ring (bicyclic) bond motifs is 1. The minimum atomic E-state index is -0.692. The molecule has 1 unspecified atom stereocenters. The summed E-state index contributed by atoms with van der Waals surface area (Å²) < 4.78 is 29.7. The Morgan fingerprint density at radius 3 is 2.35 bits per heavy atom.